The lowest BCUT2D eigenvalue weighted by atomic mass is 10.0. The summed E-state index contributed by atoms with van der Waals surface area (Å²) in [5, 5.41) is 3.45. The summed E-state index contributed by atoms with van der Waals surface area (Å²) < 4.78 is 13.4. The Morgan fingerprint density at radius 2 is 1.58 bits per heavy atom. The molecule has 0 unspecified atom stereocenters. The van der Waals surface area contributed by atoms with Crippen LogP contribution < -0.4 is 11.1 Å². The van der Waals surface area contributed by atoms with E-state index in [9.17, 15) is 4.39 Å². The molecule has 0 fully saturated rings. The monoisotopic (exact) mass is 258 g/mol. The Labute approximate surface area is 113 Å². The SMILES string of the molecule is C[C@H](N[C@@H](C)c1ccc(N)c(F)c1)c1ccccc1. The highest BCUT2D eigenvalue weighted by Gasteiger charge is 2.12. The molecule has 0 aliphatic heterocycles. The second-order valence-corrected chi connectivity index (χ2v) is 4.80. The molecule has 3 N–H and O–H groups in total. The van der Waals surface area contributed by atoms with Crippen molar-refractivity contribution in [3.05, 3.63) is 65.5 Å². The fourth-order valence-electron chi connectivity index (χ4n) is 2.12. The molecule has 100 valence electrons. The maximum Gasteiger partial charge on any atom is 0.146 e. The molecule has 0 aliphatic rings. The van der Waals surface area contributed by atoms with E-state index < -0.39 is 0 Å². The second-order valence-electron chi connectivity index (χ2n) is 4.80. The quantitative estimate of drug-likeness (QED) is 0.818. The van der Waals surface area contributed by atoms with Gasteiger partial charge in [-0.2, -0.15) is 0 Å². The molecule has 0 bridgehead atoms. The van der Waals surface area contributed by atoms with Crippen molar-refractivity contribution in [2.24, 2.45) is 0 Å². The molecule has 0 amide bonds. The molecule has 0 aliphatic carbocycles. The highest BCUT2D eigenvalue weighted by Crippen LogP contribution is 2.21. The maximum absolute atomic E-state index is 13.4. The third-order valence-corrected chi connectivity index (χ3v) is 3.32. The van der Waals surface area contributed by atoms with Gasteiger partial charge in [-0.15, -0.1) is 0 Å². The minimum atomic E-state index is -0.362. The highest BCUT2D eigenvalue weighted by molar-refractivity contribution is 5.42. The van der Waals surface area contributed by atoms with Crippen molar-refractivity contribution in [2.75, 3.05) is 5.73 Å². The van der Waals surface area contributed by atoms with Crippen molar-refractivity contribution >= 4 is 5.69 Å². The van der Waals surface area contributed by atoms with Crippen LogP contribution in [0, 0.1) is 5.82 Å². The van der Waals surface area contributed by atoms with Crippen LogP contribution >= 0.6 is 0 Å². The summed E-state index contributed by atoms with van der Waals surface area (Å²) in [5.74, 6) is -0.362. The number of halogens is 1. The molecule has 3 heteroatoms. The highest BCUT2D eigenvalue weighted by atomic mass is 19.1. The molecule has 0 aromatic heterocycles. The smallest absolute Gasteiger partial charge is 0.146 e. The normalized spacial score (nSPS) is 14.1. The number of nitrogens with one attached hydrogen (secondary N) is 1. The molecule has 0 saturated heterocycles. The standard InChI is InChI=1S/C16H19FN2/c1-11(13-6-4-3-5-7-13)19-12(2)14-8-9-16(18)15(17)10-14/h3-12,19H,18H2,1-2H3/t11-,12-/m0/s1. The minimum absolute atomic E-state index is 0.0605. The molecule has 2 rings (SSSR count). The molecule has 0 saturated carbocycles. The first kappa shape index (κ1) is 13.6. The van der Waals surface area contributed by atoms with E-state index in [2.05, 4.69) is 24.4 Å². The number of nitrogens with two attached hydrogens (primary N) is 1. The summed E-state index contributed by atoms with van der Waals surface area (Å²) in [6.45, 7) is 4.11. The van der Waals surface area contributed by atoms with Crippen LogP contribution in [-0.4, -0.2) is 0 Å². The molecule has 2 aromatic rings. The lowest BCUT2D eigenvalue weighted by molar-refractivity contribution is 0.492. The zero-order valence-electron chi connectivity index (χ0n) is 11.2. The first-order valence-corrected chi connectivity index (χ1v) is 6.44. The van der Waals surface area contributed by atoms with Crippen LogP contribution in [0.2, 0.25) is 0 Å². The van der Waals surface area contributed by atoms with Gasteiger partial charge in [0.25, 0.3) is 0 Å². The molecule has 0 spiro atoms. The summed E-state index contributed by atoms with van der Waals surface area (Å²) >= 11 is 0. The molecule has 19 heavy (non-hydrogen) atoms. The Balaban J connectivity index is 2.08. The van der Waals surface area contributed by atoms with Crippen molar-refractivity contribution in [2.45, 2.75) is 25.9 Å². The van der Waals surface area contributed by atoms with Gasteiger partial charge in [0.2, 0.25) is 0 Å². The summed E-state index contributed by atoms with van der Waals surface area (Å²) in [5.41, 5.74) is 7.78. The molecule has 2 aromatic carbocycles. The van der Waals surface area contributed by atoms with Crippen molar-refractivity contribution in [1.29, 1.82) is 0 Å². The van der Waals surface area contributed by atoms with Gasteiger partial charge < -0.3 is 11.1 Å². The number of anilines is 1. The average Bonchev–Trinajstić information content (AvgIpc) is 2.42. The number of hydrogen-bond acceptors (Lipinski definition) is 2. The van der Waals surface area contributed by atoms with Gasteiger partial charge in [-0.1, -0.05) is 36.4 Å². The van der Waals surface area contributed by atoms with E-state index in [1.165, 1.54) is 11.6 Å². The van der Waals surface area contributed by atoms with Crippen LogP contribution in [0.5, 0.6) is 0 Å². The van der Waals surface area contributed by atoms with Crippen LogP contribution in [0.1, 0.15) is 37.1 Å². The van der Waals surface area contributed by atoms with Gasteiger partial charge in [0.15, 0.2) is 0 Å². The summed E-state index contributed by atoms with van der Waals surface area (Å²) in [7, 11) is 0. The zero-order chi connectivity index (χ0) is 13.8. The van der Waals surface area contributed by atoms with Crippen molar-refractivity contribution in [3.63, 3.8) is 0 Å². The third kappa shape index (κ3) is 3.32. The molecular weight excluding hydrogens is 239 g/mol. The lowest BCUT2D eigenvalue weighted by Crippen LogP contribution is -2.22. The van der Waals surface area contributed by atoms with E-state index in [4.69, 9.17) is 5.73 Å². The Morgan fingerprint density at radius 3 is 2.21 bits per heavy atom. The van der Waals surface area contributed by atoms with E-state index in [1.807, 2.05) is 31.2 Å². The van der Waals surface area contributed by atoms with Gasteiger partial charge in [-0.3, -0.25) is 0 Å². The predicted octanol–water partition coefficient (Wildman–Crippen LogP) is 3.82. The van der Waals surface area contributed by atoms with Gasteiger partial charge in [0.05, 0.1) is 5.69 Å². The number of hydrogen-bond donors (Lipinski definition) is 2. The van der Waals surface area contributed by atoms with E-state index in [-0.39, 0.29) is 23.6 Å². The van der Waals surface area contributed by atoms with Crippen LogP contribution in [0.3, 0.4) is 0 Å². The first-order chi connectivity index (χ1) is 9.08. The van der Waals surface area contributed by atoms with E-state index in [1.54, 1.807) is 6.07 Å². The number of benzene rings is 2. The zero-order valence-corrected chi connectivity index (χ0v) is 11.2. The van der Waals surface area contributed by atoms with Gasteiger partial charge in [-0.05, 0) is 37.1 Å². The van der Waals surface area contributed by atoms with Crippen LogP contribution in [0.25, 0.3) is 0 Å². The molecule has 0 radical (unpaired) electrons. The van der Waals surface area contributed by atoms with Crippen LogP contribution in [0.15, 0.2) is 48.5 Å². The lowest BCUT2D eigenvalue weighted by Gasteiger charge is -2.21. The number of nitrogen functional groups attached to an aromatic ring is 1. The van der Waals surface area contributed by atoms with Crippen LogP contribution in [0.4, 0.5) is 10.1 Å². The third-order valence-electron chi connectivity index (χ3n) is 3.32. The largest absolute Gasteiger partial charge is 0.396 e. The molecular formula is C16H19FN2. The van der Waals surface area contributed by atoms with E-state index >= 15 is 0 Å². The predicted molar refractivity (Wildman–Crippen MR) is 77.2 cm³/mol. The van der Waals surface area contributed by atoms with E-state index in [0.29, 0.717) is 0 Å². The Bertz CT molecular complexity index is 540. The molecule has 2 nitrogen and oxygen atoms in total. The second kappa shape index (κ2) is 5.85. The first-order valence-electron chi connectivity index (χ1n) is 6.44. The maximum atomic E-state index is 13.4. The summed E-state index contributed by atoms with van der Waals surface area (Å²) in [6.07, 6.45) is 0. The fraction of sp³-hybridized carbons (Fsp3) is 0.250. The summed E-state index contributed by atoms with van der Waals surface area (Å²) in [6, 6.07) is 15.4. The minimum Gasteiger partial charge on any atom is -0.396 e. The van der Waals surface area contributed by atoms with Crippen molar-refractivity contribution in [3.8, 4) is 0 Å². The van der Waals surface area contributed by atoms with Crippen LogP contribution in [-0.2, 0) is 0 Å². The number of rotatable bonds is 4. The molecule has 2 atom stereocenters. The molecule has 0 heterocycles. The Morgan fingerprint density at radius 1 is 0.947 bits per heavy atom. The van der Waals surface area contributed by atoms with Gasteiger partial charge in [0, 0.05) is 12.1 Å². The van der Waals surface area contributed by atoms with Gasteiger partial charge >= 0.3 is 0 Å². The topological polar surface area (TPSA) is 38.0 Å². The Kier molecular flexibility index (Phi) is 4.17. The van der Waals surface area contributed by atoms with Gasteiger partial charge in [-0.25, -0.2) is 4.39 Å². The average molecular weight is 258 g/mol. The fourth-order valence-corrected chi connectivity index (χ4v) is 2.12. The van der Waals surface area contributed by atoms with Crippen molar-refractivity contribution in [1.82, 2.24) is 5.32 Å². The van der Waals surface area contributed by atoms with Crippen molar-refractivity contribution < 1.29 is 4.39 Å². The Hall–Kier alpha value is -1.87. The van der Waals surface area contributed by atoms with E-state index in [0.717, 1.165) is 5.56 Å². The summed E-state index contributed by atoms with van der Waals surface area (Å²) in [4.78, 5) is 0. The van der Waals surface area contributed by atoms with Gasteiger partial charge in [0.1, 0.15) is 5.82 Å².